The molecule has 3 rings (SSSR count). The van der Waals surface area contributed by atoms with Crippen molar-refractivity contribution in [3.63, 3.8) is 0 Å². The number of thioether (sulfide) groups is 1. The molecular weight excluding hydrogens is 432 g/mol. The molecule has 3 aromatic rings. The van der Waals surface area contributed by atoms with Crippen molar-refractivity contribution in [3.05, 3.63) is 30.5 Å². The number of nitrogens with zero attached hydrogens (tertiary/aromatic N) is 4. The van der Waals surface area contributed by atoms with Gasteiger partial charge in [-0.15, -0.1) is 0 Å². The molecule has 32 heavy (non-hydrogen) atoms. The normalized spacial score (nSPS) is 10.8. The molecule has 2 N–H and O–H groups in total. The first-order chi connectivity index (χ1) is 15.6. The number of rotatable bonds is 13. The lowest BCUT2D eigenvalue weighted by molar-refractivity contribution is -0.123. The van der Waals surface area contributed by atoms with Crippen LogP contribution in [0.2, 0.25) is 0 Å². The molecule has 0 spiro atoms. The van der Waals surface area contributed by atoms with Gasteiger partial charge in [0, 0.05) is 25.8 Å². The summed E-state index contributed by atoms with van der Waals surface area (Å²) in [4.78, 5) is 21.3. The highest BCUT2D eigenvalue weighted by Gasteiger charge is 2.13. The van der Waals surface area contributed by atoms with E-state index in [2.05, 4.69) is 25.7 Å². The Morgan fingerprint density at radius 3 is 2.84 bits per heavy atom. The van der Waals surface area contributed by atoms with Crippen LogP contribution >= 0.6 is 11.8 Å². The van der Waals surface area contributed by atoms with Crippen molar-refractivity contribution in [2.75, 3.05) is 51.6 Å². The van der Waals surface area contributed by atoms with Gasteiger partial charge < -0.3 is 24.8 Å². The van der Waals surface area contributed by atoms with E-state index in [1.165, 1.54) is 11.8 Å². The first kappa shape index (κ1) is 23.6. The highest BCUT2D eigenvalue weighted by molar-refractivity contribution is 7.98. The number of methoxy groups -OCH3 is 1. The maximum absolute atomic E-state index is 12.1. The van der Waals surface area contributed by atoms with Gasteiger partial charge in [-0.25, -0.2) is 14.6 Å². The molecule has 10 nitrogen and oxygen atoms in total. The van der Waals surface area contributed by atoms with Crippen molar-refractivity contribution in [1.82, 2.24) is 25.1 Å². The van der Waals surface area contributed by atoms with Crippen LogP contribution in [0.3, 0.4) is 0 Å². The van der Waals surface area contributed by atoms with Crippen molar-refractivity contribution >= 4 is 34.5 Å². The monoisotopic (exact) mass is 460 g/mol. The number of anilines is 1. The third-order valence-corrected chi connectivity index (χ3v) is 5.01. The molecule has 0 atom stereocenters. The van der Waals surface area contributed by atoms with Gasteiger partial charge in [-0.05, 0) is 25.3 Å². The molecule has 2 aromatic heterocycles. The average molecular weight is 461 g/mol. The fraction of sp³-hybridized carbons (Fsp3) is 0.429. The Balaban J connectivity index is 1.55. The van der Waals surface area contributed by atoms with Gasteiger partial charge in [-0.3, -0.25) is 4.79 Å². The lowest BCUT2D eigenvalue weighted by Crippen LogP contribution is -2.31. The number of hydrogen-bond donors (Lipinski definition) is 2. The molecule has 0 unspecified atom stereocenters. The summed E-state index contributed by atoms with van der Waals surface area (Å²) in [5.74, 6) is 1.75. The van der Waals surface area contributed by atoms with Crippen molar-refractivity contribution in [2.24, 2.45) is 0 Å². The van der Waals surface area contributed by atoms with Crippen LogP contribution in [0.4, 0.5) is 5.82 Å². The predicted octanol–water partition coefficient (Wildman–Crippen LogP) is 2.20. The summed E-state index contributed by atoms with van der Waals surface area (Å²) in [6, 6.07) is 7.12. The van der Waals surface area contributed by atoms with E-state index in [1.54, 1.807) is 36.2 Å². The fourth-order valence-corrected chi connectivity index (χ4v) is 3.26. The summed E-state index contributed by atoms with van der Waals surface area (Å²) in [5.41, 5.74) is 0.713. The van der Waals surface area contributed by atoms with E-state index in [0.717, 1.165) is 11.2 Å². The van der Waals surface area contributed by atoms with Crippen molar-refractivity contribution in [2.45, 2.75) is 18.6 Å². The van der Waals surface area contributed by atoms with Gasteiger partial charge in [0.05, 0.1) is 31.8 Å². The highest BCUT2D eigenvalue weighted by atomic mass is 32.2. The molecule has 0 bridgehead atoms. The summed E-state index contributed by atoms with van der Waals surface area (Å²) in [7, 11) is 1.58. The van der Waals surface area contributed by atoms with E-state index < -0.39 is 0 Å². The number of amides is 1. The Hall–Kier alpha value is -3.05. The van der Waals surface area contributed by atoms with Crippen LogP contribution in [0.1, 0.15) is 6.92 Å². The van der Waals surface area contributed by atoms with Gasteiger partial charge >= 0.3 is 0 Å². The van der Waals surface area contributed by atoms with Gasteiger partial charge in [0.2, 0.25) is 0 Å². The standard InChI is InChI=1S/C21H28N6O4S/c1-4-30-11-9-23-19-17-13-24-27(20(17)26-21(25-19)32-3)10-8-22-18(28)14-31-16-7-5-6-15(12-16)29-2/h5-7,12-13H,4,8-11,14H2,1-3H3,(H,22,28)(H,23,25,26). The van der Waals surface area contributed by atoms with Gasteiger partial charge in [-0.2, -0.15) is 5.10 Å². The number of ether oxygens (including phenoxy) is 3. The molecule has 1 amide bonds. The zero-order valence-electron chi connectivity index (χ0n) is 18.5. The van der Waals surface area contributed by atoms with Crippen LogP contribution < -0.4 is 20.1 Å². The zero-order chi connectivity index (χ0) is 22.8. The second-order valence-corrected chi connectivity index (χ2v) is 7.38. The Bertz CT molecular complexity index is 1030. The Kier molecular flexibility index (Phi) is 8.93. The lowest BCUT2D eigenvalue weighted by Gasteiger charge is -2.10. The minimum absolute atomic E-state index is 0.0836. The van der Waals surface area contributed by atoms with Crippen molar-refractivity contribution in [3.8, 4) is 11.5 Å². The lowest BCUT2D eigenvalue weighted by atomic mass is 10.3. The second kappa shape index (κ2) is 12.1. The smallest absolute Gasteiger partial charge is 0.258 e. The molecule has 0 aliphatic rings. The maximum atomic E-state index is 12.1. The van der Waals surface area contributed by atoms with Crippen molar-refractivity contribution in [1.29, 1.82) is 0 Å². The van der Waals surface area contributed by atoms with E-state index in [9.17, 15) is 4.79 Å². The molecule has 2 heterocycles. The van der Waals surface area contributed by atoms with Crippen LogP contribution in [0, 0.1) is 0 Å². The van der Waals surface area contributed by atoms with Crippen LogP contribution in [-0.2, 0) is 16.1 Å². The SMILES string of the molecule is CCOCCNc1nc(SC)nc2c1cnn2CCNC(=O)COc1cccc(OC)c1. The molecular formula is C21H28N6O4S. The highest BCUT2D eigenvalue weighted by Crippen LogP contribution is 2.23. The number of carbonyl (C=O) groups is 1. The van der Waals surface area contributed by atoms with Gasteiger partial charge in [0.1, 0.15) is 17.3 Å². The molecule has 1 aromatic carbocycles. The topological polar surface area (TPSA) is 112 Å². The van der Waals surface area contributed by atoms with Gasteiger partial charge in [0.25, 0.3) is 5.91 Å². The van der Waals surface area contributed by atoms with E-state index in [0.29, 0.717) is 55.2 Å². The third kappa shape index (κ3) is 6.47. The molecule has 0 fully saturated rings. The number of fused-ring (bicyclic) bond motifs is 1. The summed E-state index contributed by atoms with van der Waals surface area (Å²) in [6.07, 6.45) is 3.66. The summed E-state index contributed by atoms with van der Waals surface area (Å²) < 4.78 is 17.8. The second-order valence-electron chi connectivity index (χ2n) is 6.61. The van der Waals surface area contributed by atoms with E-state index in [4.69, 9.17) is 14.2 Å². The summed E-state index contributed by atoms with van der Waals surface area (Å²) in [6.45, 7) is 4.64. The molecule has 0 aliphatic carbocycles. The molecule has 0 radical (unpaired) electrons. The summed E-state index contributed by atoms with van der Waals surface area (Å²) in [5, 5.41) is 12.0. The van der Waals surface area contributed by atoms with E-state index >= 15 is 0 Å². The first-order valence-electron chi connectivity index (χ1n) is 10.3. The summed E-state index contributed by atoms with van der Waals surface area (Å²) >= 11 is 1.46. The predicted molar refractivity (Wildman–Crippen MR) is 124 cm³/mol. The van der Waals surface area contributed by atoms with Crippen LogP contribution in [0.5, 0.6) is 11.5 Å². The number of benzene rings is 1. The molecule has 11 heteroatoms. The molecule has 0 aliphatic heterocycles. The fourth-order valence-electron chi connectivity index (χ4n) is 2.90. The van der Waals surface area contributed by atoms with E-state index in [-0.39, 0.29) is 12.5 Å². The zero-order valence-corrected chi connectivity index (χ0v) is 19.3. The Morgan fingerprint density at radius 1 is 1.22 bits per heavy atom. The van der Waals surface area contributed by atoms with Crippen LogP contribution in [0.15, 0.2) is 35.6 Å². The van der Waals surface area contributed by atoms with Crippen LogP contribution in [-0.4, -0.2) is 71.9 Å². The van der Waals surface area contributed by atoms with Gasteiger partial charge in [0.15, 0.2) is 17.4 Å². The molecule has 0 saturated heterocycles. The van der Waals surface area contributed by atoms with Gasteiger partial charge in [-0.1, -0.05) is 17.8 Å². The average Bonchev–Trinajstić information content (AvgIpc) is 3.23. The van der Waals surface area contributed by atoms with E-state index in [1.807, 2.05) is 19.2 Å². The Labute approximate surface area is 191 Å². The quantitative estimate of drug-likeness (QED) is 0.225. The first-order valence-corrected chi connectivity index (χ1v) is 11.5. The maximum Gasteiger partial charge on any atom is 0.258 e. The Morgan fingerprint density at radius 2 is 2.06 bits per heavy atom. The molecule has 0 saturated carbocycles. The largest absolute Gasteiger partial charge is 0.497 e. The third-order valence-electron chi connectivity index (χ3n) is 4.46. The number of carbonyl (C=O) groups excluding carboxylic acids is 1. The number of nitrogens with one attached hydrogen (secondary N) is 2. The molecule has 172 valence electrons. The minimum atomic E-state index is -0.220. The number of hydrogen-bond acceptors (Lipinski definition) is 9. The minimum Gasteiger partial charge on any atom is -0.497 e. The number of aromatic nitrogens is 4. The van der Waals surface area contributed by atoms with Crippen molar-refractivity contribution < 1.29 is 19.0 Å². The van der Waals surface area contributed by atoms with Crippen LogP contribution in [0.25, 0.3) is 11.0 Å².